The number of aromatic nitrogens is 3. The first kappa shape index (κ1) is 22.7. The Bertz CT molecular complexity index is 1570. The highest BCUT2D eigenvalue weighted by atomic mass is 19.1. The van der Waals surface area contributed by atoms with E-state index in [4.69, 9.17) is 5.10 Å². The normalized spacial score (nSPS) is 11.5. The number of anilines is 1. The van der Waals surface area contributed by atoms with Crippen molar-refractivity contribution >= 4 is 16.7 Å². The smallest absolute Gasteiger partial charge is 0.220 e. The van der Waals surface area contributed by atoms with Crippen LogP contribution in [0, 0.1) is 5.95 Å². The van der Waals surface area contributed by atoms with E-state index in [-0.39, 0.29) is 0 Å². The third-order valence-electron chi connectivity index (χ3n) is 6.88. The molecule has 0 spiro atoms. The molecule has 0 radical (unpaired) electrons. The minimum Gasteiger partial charge on any atom is -0.371 e. The number of pyridine rings is 1. The first-order valence-electron chi connectivity index (χ1n) is 12.2. The minimum atomic E-state index is -0.752. The van der Waals surface area contributed by atoms with E-state index in [0.29, 0.717) is 11.4 Å². The summed E-state index contributed by atoms with van der Waals surface area (Å²) in [5, 5.41) is 9.33. The predicted octanol–water partition coefficient (Wildman–Crippen LogP) is 7.12. The molecule has 180 valence electrons. The lowest BCUT2D eigenvalue weighted by atomic mass is 9.77. The van der Waals surface area contributed by atoms with E-state index in [1.807, 2.05) is 43.4 Å². The van der Waals surface area contributed by atoms with Gasteiger partial charge >= 0.3 is 0 Å². The molecule has 0 aliphatic carbocycles. The van der Waals surface area contributed by atoms with Gasteiger partial charge < -0.3 is 5.32 Å². The number of fused-ring (bicyclic) bond motifs is 1. The standard InChI is InChI=1S/C32H25FN4/c1-34-31-28-22-23(27-18-11-21-35-30(27)33)19-20-29(28)37(36-31)32(24-12-5-2-6-13-24,25-14-7-3-8-15-25)26-16-9-4-10-17-26/h2-22H,1H3,(H,34,36). The molecule has 0 bridgehead atoms. The molecule has 0 aliphatic heterocycles. The van der Waals surface area contributed by atoms with Gasteiger partial charge in [-0.3, -0.25) is 0 Å². The fourth-order valence-electron chi connectivity index (χ4n) is 5.23. The third-order valence-corrected chi connectivity index (χ3v) is 6.88. The zero-order valence-electron chi connectivity index (χ0n) is 20.3. The van der Waals surface area contributed by atoms with Crippen LogP contribution in [0.25, 0.3) is 22.0 Å². The maximum absolute atomic E-state index is 14.6. The Kier molecular flexibility index (Phi) is 5.73. The number of nitrogens with one attached hydrogen (secondary N) is 1. The topological polar surface area (TPSA) is 42.7 Å². The van der Waals surface area contributed by atoms with Crippen molar-refractivity contribution in [3.05, 3.63) is 150 Å². The van der Waals surface area contributed by atoms with E-state index in [1.54, 1.807) is 12.1 Å². The molecule has 0 saturated carbocycles. The van der Waals surface area contributed by atoms with Crippen molar-refractivity contribution in [2.24, 2.45) is 0 Å². The van der Waals surface area contributed by atoms with E-state index in [0.717, 1.165) is 33.2 Å². The molecule has 6 aromatic rings. The van der Waals surface area contributed by atoms with E-state index in [9.17, 15) is 4.39 Å². The van der Waals surface area contributed by atoms with Crippen LogP contribution in [-0.2, 0) is 5.54 Å². The van der Waals surface area contributed by atoms with Crippen LogP contribution in [0.1, 0.15) is 16.7 Å². The molecule has 0 aliphatic rings. The van der Waals surface area contributed by atoms with Crippen molar-refractivity contribution in [3.8, 4) is 11.1 Å². The van der Waals surface area contributed by atoms with Gasteiger partial charge in [0.15, 0.2) is 5.82 Å². The Morgan fingerprint density at radius 2 is 1.27 bits per heavy atom. The van der Waals surface area contributed by atoms with Crippen LogP contribution in [0.4, 0.5) is 10.2 Å². The second-order valence-corrected chi connectivity index (χ2v) is 8.89. The average Bonchev–Trinajstić information content (AvgIpc) is 3.34. The van der Waals surface area contributed by atoms with Crippen LogP contribution in [0.15, 0.2) is 128 Å². The fourth-order valence-corrected chi connectivity index (χ4v) is 5.23. The molecule has 0 atom stereocenters. The number of halogens is 1. The highest BCUT2D eigenvalue weighted by Gasteiger charge is 2.40. The third kappa shape index (κ3) is 3.67. The fraction of sp³-hybridized carbons (Fsp3) is 0.0625. The molecule has 0 amide bonds. The molecule has 5 heteroatoms. The van der Waals surface area contributed by atoms with E-state index in [2.05, 4.69) is 87.8 Å². The second kappa shape index (κ2) is 9.36. The Hall–Kier alpha value is -4.77. The van der Waals surface area contributed by atoms with Gasteiger partial charge in [0.1, 0.15) is 5.54 Å². The summed E-state index contributed by atoms with van der Waals surface area (Å²) in [6.07, 6.45) is 1.46. The first-order chi connectivity index (χ1) is 18.2. The molecule has 0 saturated heterocycles. The van der Waals surface area contributed by atoms with Crippen molar-refractivity contribution in [2.45, 2.75) is 5.54 Å². The average molecular weight is 485 g/mol. The van der Waals surface area contributed by atoms with Crippen molar-refractivity contribution in [1.82, 2.24) is 14.8 Å². The summed E-state index contributed by atoms with van der Waals surface area (Å²) >= 11 is 0. The van der Waals surface area contributed by atoms with Crippen LogP contribution in [0.5, 0.6) is 0 Å². The largest absolute Gasteiger partial charge is 0.371 e. The van der Waals surface area contributed by atoms with Gasteiger partial charge in [-0.25, -0.2) is 9.67 Å². The molecule has 0 fully saturated rings. The van der Waals surface area contributed by atoms with E-state index in [1.165, 1.54) is 6.20 Å². The Morgan fingerprint density at radius 1 is 0.703 bits per heavy atom. The maximum Gasteiger partial charge on any atom is 0.220 e. The Labute approximate surface area is 215 Å². The van der Waals surface area contributed by atoms with Crippen LogP contribution >= 0.6 is 0 Å². The van der Waals surface area contributed by atoms with Crippen LogP contribution in [-0.4, -0.2) is 21.8 Å². The summed E-state index contributed by atoms with van der Waals surface area (Å²) in [7, 11) is 1.86. The van der Waals surface area contributed by atoms with Gasteiger partial charge in [0.25, 0.3) is 0 Å². The first-order valence-corrected chi connectivity index (χ1v) is 12.2. The summed E-state index contributed by atoms with van der Waals surface area (Å²) in [6.45, 7) is 0. The molecule has 1 N–H and O–H groups in total. The summed E-state index contributed by atoms with van der Waals surface area (Å²) < 4.78 is 16.7. The van der Waals surface area contributed by atoms with Gasteiger partial charge in [0, 0.05) is 24.2 Å². The molecular formula is C32H25FN4. The summed E-state index contributed by atoms with van der Waals surface area (Å²) in [6, 6.07) is 40.7. The lowest BCUT2D eigenvalue weighted by Gasteiger charge is -2.37. The zero-order chi connectivity index (χ0) is 25.2. The van der Waals surface area contributed by atoms with Gasteiger partial charge in [0.2, 0.25) is 5.95 Å². The van der Waals surface area contributed by atoms with Crippen molar-refractivity contribution in [3.63, 3.8) is 0 Å². The van der Waals surface area contributed by atoms with Crippen molar-refractivity contribution < 1.29 is 4.39 Å². The second-order valence-electron chi connectivity index (χ2n) is 8.89. The lowest BCUT2D eigenvalue weighted by Crippen LogP contribution is -2.38. The van der Waals surface area contributed by atoms with Crippen molar-refractivity contribution in [2.75, 3.05) is 12.4 Å². The predicted molar refractivity (Wildman–Crippen MR) is 147 cm³/mol. The van der Waals surface area contributed by atoms with Gasteiger partial charge in [-0.2, -0.15) is 9.49 Å². The van der Waals surface area contributed by atoms with Crippen molar-refractivity contribution in [1.29, 1.82) is 0 Å². The molecule has 4 aromatic carbocycles. The Morgan fingerprint density at radius 3 is 1.78 bits per heavy atom. The SMILES string of the molecule is CNc1nn(C(c2ccccc2)(c2ccccc2)c2ccccc2)c2ccc(-c3cccnc3F)cc12. The molecule has 0 unspecified atom stereocenters. The molecular weight excluding hydrogens is 459 g/mol. The number of rotatable bonds is 6. The lowest BCUT2D eigenvalue weighted by molar-refractivity contribution is 0.477. The number of hydrogen-bond acceptors (Lipinski definition) is 3. The highest BCUT2D eigenvalue weighted by Crippen LogP contribution is 2.43. The van der Waals surface area contributed by atoms with Crippen LogP contribution in [0.3, 0.4) is 0 Å². The van der Waals surface area contributed by atoms with Gasteiger partial charge in [-0.15, -0.1) is 0 Å². The highest BCUT2D eigenvalue weighted by molar-refractivity contribution is 5.94. The maximum atomic E-state index is 14.6. The minimum absolute atomic E-state index is 0.458. The molecule has 2 heterocycles. The van der Waals surface area contributed by atoms with Gasteiger partial charge in [0.05, 0.1) is 5.52 Å². The van der Waals surface area contributed by atoms with Crippen LogP contribution < -0.4 is 5.32 Å². The quantitative estimate of drug-likeness (QED) is 0.202. The number of nitrogens with zero attached hydrogens (tertiary/aromatic N) is 3. The molecule has 37 heavy (non-hydrogen) atoms. The van der Waals surface area contributed by atoms with E-state index < -0.39 is 11.5 Å². The van der Waals surface area contributed by atoms with Crippen LogP contribution in [0.2, 0.25) is 0 Å². The molecule has 6 rings (SSSR count). The zero-order valence-corrected chi connectivity index (χ0v) is 20.3. The number of benzene rings is 4. The summed E-state index contributed by atoms with van der Waals surface area (Å²) in [5.41, 5.74) is 4.64. The summed E-state index contributed by atoms with van der Waals surface area (Å²) in [4.78, 5) is 3.84. The van der Waals surface area contributed by atoms with Gasteiger partial charge in [-0.1, -0.05) is 97.1 Å². The van der Waals surface area contributed by atoms with Gasteiger partial charge in [-0.05, 0) is 46.5 Å². The molecule has 2 aromatic heterocycles. The summed E-state index contributed by atoms with van der Waals surface area (Å²) in [5.74, 6) is 0.223. The number of hydrogen-bond donors (Lipinski definition) is 1. The molecule has 4 nitrogen and oxygen atoms in total. The van der Waals surface area contributed by atoms with E-state index >= 15 is 0 Å². The monoisotopic (exact) mass is 484 g/mol. The Balaban J connectivity index is 1.72.